The van der Waals surface area contributed by atoms with Crippen molar-refractivity contribution in [2.45, 2.75) is 90.2 Å². The zero-order valence-corrected chi connectivity index (χ0v) is 21.5. The van der Waals surface area contributed by atoms with Crippen LogP contribution in [-0.4, -0.2) is 22.7 Å². The Morgan fingerprint density at radius 1 is 1.20 bits per heavy atom. The molecule has 3 N–H and O–H groups in total. The van der Waals surface area contributed by atoms with Gasteiger partial charge in [-0.3, -0.25) is 0 Å². The standard InChI is InChI=1S/C30H39NO4/c1-5-6-7-8-21-17-26(34-29(33)25(31)16-20-10-12-22(32)13-11-20)28-23-15-19(2)9-14-24(23)30(3,4)35-27(28)18-21/h10-13,15,17-18,23-25,32H,5-9,14,16,31H2,1-4H3. The number of ether oxygens (including phenoxy) is 2. The molecule has 2 aromatic carbocycles. The van der Waals surface area contributed by atoms with Crippen molar-refractivity contribution in [2.24, 2.45) is 11.7 Å². The maximum absolute atomic E-state index is 13.1. The second-order valence-electron chi connectivity index (χ2n) is 10.8. The predicted molar refractivity (Wildman–Crippen MR) is 139 cm³/mol. The molecule has 4 rings (SSSR count). The lowest BCUT2D eigenvalue weighted by atomic mass is 9.68. The van der Waals surface area contributed by atoms with Gasteiger partial charge in [-0.25, -0.2) is 4.79 Å². The molecule has 0 amide bonds. The van der Waals surface area contributed by atoms with Gasteiger partial charge in [0.1, 0.15) is 28.9 Å². The molecule has 5 nitrogen and oxygen atoms in total. The molecule has 2 aliphatic rings. The zero-order chi connectivity index (χ0) is 25.2. The molecule has 35 heavy (non-hydrogen) atoms. The zero-order valence-electron chi connectivity index (χ0n) is 21.5. The largest absolute Gasteiger partial charge is 0.508 e. The molecule has 0 fully saturated rings. The second-order valence-corrected chi connectivity index (χ2v) is 10.8. The van der Waals surface area contributed by atoms with Crippen molar-refractivity contribution >= 4 is 5.97 Å². The van der Waals surface area contributed by atoms with Gasteiger partial charge in [-0.05, 0) is 88.3 Å². The van der Waals surface area contributed by atoms with Crippen molar-refractivity contribution in [3.8, 4) is 17.2 Å². The lowest BCUT2D eigenvalue weighted by molar-refractivity contribution is -0.135. The third-order valence-corrected chi connectivity index (χ3v) is 7.48. The maximum atomic E-state index is 13.1. The molecule has 0 aromatic heterocycles. The molecule has 5 heteroatoms. The van der Waals surface area contributed by atoms with Crippen LogP contribution in [0.5, 0.6) is 17.2 Å². The molecule has 0 bridgehead atoms. The Kier molecular flexibility index (Phi) is 7.56. The molecular weight excluding hydrogens is 438 g/mol. The number of hydrogen-bond donors (Lipinski definition) is 2. The lowest BCUT2D eigenvalue weighted by Crippen LogP contribution is -2.45. The molecule has 1 aliphatic heterocycles. The Balaban J connectivity index is 1.66. The molecular formula is C30H39NO4. The van der Waals surface area contributed by atoms with E-state index in [-0.39, 0.29) is 17.3 Å². The second kappa shape index (κ2) is 10.4. The number of nitrogens with two attached hydrogens (primary N) is 1. The molecule has 3 atom stereocenters. The summed E-state index contributed by atoms with van der Waals surface area (Å²) in [5, 5.41) is 9.52. The molecule has 3 unspecified atom stereocenters. The molecule has 1 aliphatic carbocycles. The number of benzene rings is 2. The van der Waals surface area contributed by atoms with Gasteiger partial charge in [0, 0.05) is 17.4 Å². The smallest absolute Gasteiger partial charge is 0.328 e. The third-order valence-electron chi connectivity index (χ3n) is 7.48. The average Bonchev–Trinajstić information content (AvgIpc) is 2.79. The van der Waals surface area contributed by atoms with Crippen LogP contribution < -0.4 is 15.2 Å². The van der Waals surface area contributed by atoms with Crippen LogP contribution in [0.25, 0.3) is 0 Å². The lowest BCUT2D eigenvalue weighted by Gasteiger charge is -2.46. The van der Waals surface area contributed by atoms with Gasteiger partial charge in [-0.2, -0.15) is 0 Å². The Bertz CT molecular complexity index is 1090. The van der Waals surface area contributed by atoms with E-state index in [0.29, 0.717) is 18.1 Å². The number of hydrogen-bond acceptors (Lipinski definition) is 5. The molecule has 1 heterocycles. The Morgan fingerprint density at radius 2 is 1.94 bits per heavy atom. The monoisotopic (exact) mass is 477 g/mol. The molecule has 2 aromatic rings. The van der Waals surface area contributed by atoms with Crippen molar-refractivity contribution in [2.75, 3.05) is 0 Å². The van der Waals surface area contributed by atoms with Crippen LogP contribution >= 0.6 is 0 Å². The van der Waals surface area contributed by atoms with E-state index in [1.165, 1.54) is 5.57 Å². The Hall–Kier alpha value is -2.79. The third kappa shape index (κ3) is 5.72. The minimum Gasteiger partial charge on any atom is -0.508 e. The highest BCUT2D eigenvalue weighted by molar-refractivity contribution is 5.79. The SMILES string of the molecule is CCCCCc1cc(OC(=O)C(N)Cc2ccc(O)cc2)c2c(c1)OC(C)(C)C1CCC(C)=CC21. The van der Waals surface area contributed by atoms with Crippen LogP contribution in [0.2, 0.25) is 0 Å². The number of phenols is 1. The first-order valence-corrected chi connectivity index (χ1v) is 13.0. The van der Waals surface area contributed by atoms with Gasteiger partial charge in [0.15, 0.2) is 0 Å². The first kappa shape index (κ1) is 25.3. The van der Waals surface area contributed by atoms with Gasteiger partial charge in [0.2, 0.25) is 0 Å². The first-order chi connectivity index (χ1) is 16.7. The number of carbonyl (C=O) groups excluding carboxylic acids is 1. The van der Waals surface area contributed by atoms with Crippen LogP contribution in [0.1, 0.15) is 82.4 Å². The number of phenolic OH excluding ortho intramolecular Hbond substituents is 1. The molecule has 0 radical (unpaired) electrons. The van der Waals surface area contributed by atoms with E-state index in [1.807, 2.05) is 6.07 Å². The molecule has 0 saturated carbocycles. The van der Waals surface area contributed by atoms with Crippen molar-refractivity contribution in [3.05, 3.63) is 64.7 Å². The number of aromatic hydroxyl groups is 1. The summed E-state index contributed by atoms with van der Waals surface area (Å²) >= 11 is 0. The molecule has 0 saturated heterocycles. The number of allylic oxidation sites excluding steroid dienone is 2. The van der Waals surface area contributed by atoms with E-state index >= 15 is 0 Å². The summed E-state index contributed by atoms with van der Waals surface area (Å²) < 4.78 is 12.6. The van der Waals surface area contributed by atoms with Crippen molar-refractivity contribution in [3.63, 3.8) is 0 Å². The van der Waals surface area contributed by atoms with Gasteiger partial charge in [0.25, 0.3) is 0 Å². The van der Waals surface area contributed by atoms with Gasteiger partial charge in [-0.1, -0.05) is 43.5 Å². The fraction of sp³-hybridized carbons (Fsp3) is 0.500. The Morgan fingerprint density at radius 3 is 2.66 bits per heavy atom. The van der Waals surface area contributed by atoms with E-state index < -0.39 is 12.0 Å². The summed E-state index contributed by atoms with van der Waals surface area (Å²) in [6, 6.07) is 10.1. The van der Waals surface area contributed by atoms with Crippen LogP contribution in [0.3, 0.4) is 0 Å². The average molecular weight is 478 g/mol. The van der Waals surface area contributed by atoms with Crippen molar-refractivity contribution < 1.29 is 19.4 Å². The summed E-state index contributed by atoms with van der Waals surface area (Å²) in [6.45, 7) is 8.71. The van der Waals surface area contributed by atoms with Gasteiger partial charge >= 0.3 is 5.97 Å². The van der Waals surface area contributed by atoms with E-state index in [4.69, 9.17) is 15.2 Å². The van der Waals surface area contributed by atoms with Crippen LogP contribution in [0, 0.1) is 5.92 Å². The summed E-state index contributed by atoms with van der Waals surface area (Å²) in [4.78, 5) is 13.1. The summed E-state index contributed by atoms with van der Waals surface area (Å²) in [7, 11) is 0. The number of unbranched alkanes of at least 4 members (excludes halogenated alkanes) is 2. The van der Waals surface area contributed by atoms with E-state index in [0.717, 1.165) is 61.0 Å². The Labute approximate surface area is 209 Å². The molecule has 188 valence electrons. The highest BCUT2D eigenvalue weighted by Crippen LogP contribution is 2.53. The minimum absolute atomic E-state index is 0.142. The van der Waals surface area contributed by atoms with E-state index in [9.17, 15) is 9.90 Å². The van der Waals surface area contributed by atoms with Gasteiger partial charge < -0.3 is 20.3 Å². The van der Waals surface area contributed by atoms with E-state index in [2.05, 4.69) is 39.8 Å². The first-order valence-electron chi connectivity index (χ1n) is 13.0. The van der Waals surface area contributed by atoms with Crippen LogP contribution in [-0.2, 0) is 17.6 Å². The highest BCUT2D eigenvalue weighted by Gasteiger charge is 2.45. The fourth-order valence-electron chi connectivity index (χ4n) is 5.52. The number of carbonyl (C=O) groups is 1. The van der Waals surface area contributed by atoms with Gasteiger partial charge in [-0.15, -0.1) is 0 Å². The summed E-state index contributed by atoms with van der Waals surface area (Å²) in [5.41, 5.74) is 10.3. The van der Waals surface area contributed by atoms with Gasteiger partial charge in [0.05, 0.1) is 0 Å². The summed E-state index contributed by atoms with van der Waals surface area (Å²) in [5.74, 6) is 1.59. The van der Waals surface area contributed by atoms with Crippen molar-refractivity contribution in [1.82, 2.24) is 0 Å². The maximum Gasteiger partial charge on any atom is 0.328 e. The number of esters is 1. The normalized spacial score (nSPS) is 21.2. The highest BCUT2D eigenvalue weighted by atomic mass is 16.5. The van der Waals surface area contributed by atoms with E-state index in [1.54, 1.807) is 24.3 Å². The molecule has 0 spiro atoms. The summed E-state index contributed by atoms with van der Waals surface area (Å²) in [6.07, 6.45) is 9.08. The van der Waals surface area contributed by atoms with Crippen molar-refractivity contribution in [1.29, 1.82) is 0 Å². The number of rotatable bonds is 8. The number of fused-ring (bicyclic) bond motifs is 3. The van der Waals surface area contributed by atoms with Crippen LogP contribution in [0.15, 0.2) is 48.0 Å². The predicted octanol–water partition coefficient (Wildman–Crippen LogP) is 6.21. The topological polar surface area (TPSA) is 81.8 Å². The fourth-order valence-corrected chi connectivity index (χ4v) is 5.52. The minimum atomic E-state index is -0.806. The quantitative estimate of drug-likeness (QED) is 0.204. The number of aryl methyl sites for hydroxylation is 1. The van der Waals surface area contributed by atoms with Crippen LogP contribution in [0.4, 0.5) is 0 Å².